The van der Waals surface area contributed by atoms with Crippen LogP contribution in [0.1, 0.15) is 33.6 Å². The largest absolute Gasteiger partial charge is 0.299 e. The molecule has 2 aliphatic carbocycles. The lowest BCUT2D eigenvalue weighted by atomic mass is 9.90. The number of carbonyl (C=O) groups excluding carboxylic acids is 1. The lowest BCUT2D eigenvalue weighted by Gasteiger charge is -2.14. The summed E-state index contributed by atoms with van der Waals surface area (Å²) < 4.78 is 0. The van der Waals surface area contributed by atoms with Crippen molar-refractivity contribution >= 4 is 5.78 Å². The van der Waals surface area contributed by atoms with Gasteiger partial charge in [-0.2, -0.15) is 0 Å². The van der Waals surface area contributed by atoms with Crippen molar-refractivity contribution in [1.82, 2.24) is 0 Å². The molecule has 0 amide bonds. The summed E-state index contributed by atoms with van der Waals surface area (Å²) in [5, 5.41) is 0. The predicted octanol–water partition coefficient (Wildman–Crippen LogP) is 2.26. The lowest BCUT2D eigenvalue weighted by Crippen LogP contribution is -2.10. The molecular weight excluding hydrogens is 136 g/mol. The fourth-order valence-corrected chi connectivity index (χ4v) is 2.81. The van der Waals surface area contributed by atoms with Crippen molar-refractivity contribution < 1.29 is 4.79 Å². The molecule has 0 aromatic rings. The Balaban J connectivity index is 2.20. The van der Waals surface area contributed by atoms with Crippen LogP contribution in [-0.2, 0) is 4.79 Å². The third kappa shape index (κ3) is 0.743. The number of hydrogen-bond donors (Lipinski definition) is 0. The normalized spacial score (nSPS) is 48.2. The minimum Gasteiger partial charge on any atom is -0.299 e. The average molecular weight is 152 g/mol. The van der Waals surface area contributed by atoms with E-state index in [9.17, 15) is 4.79 Å². The summed E-state index contributed by atoms with van der Waals surface area (Å²) in [6.45, 7) is 6.61. The summed E-state index contributed by atoms with van der Waals surface area (Å²) in [7, 11) is 0. The number of carbonyl (C=O) groups is 1. The Morgan fingerprint density at radius 2 is 2.18 bits per heavy atom. The molecule has 3 atom stereocenters. The standard InChI is InChI=1S/C10H16O/c1-6(2)10-4-8(10)7(3)9(11)5-10/h6-8H,4-5H2,1-3H3/t7-,8?,10+/m1/s1. The van der Waals surface area contributed by atoms with Gasteiger partial charge in [0.1, 0.15) is 5.78 Å². The van der Waals surface area contributed by atoms with E-state index in [1.54, 1.807) is 0 Å². The average Bonchev–Trinajstić information content (AvgIpc) is 2.57. The fourth-order valence-electron chi connectivity index (χ4n) is 2.81. The Morgan fingerprint density at radius 1 is 1.55 bits per heavy atom. The molecule has 0 aliphatic heterocycles. The van der Waals surface area contributed by atoms with E-state index < -0.39 is 0 Å². The van der Waals surface area contributed by atoms with Crippen molar-refractivity contribution in [3.05, 3.63) is 0 Å². The molecule has 0 aromatic carbocycles. The van der Waals surface area contributed by atoms with Crippen molar-refractivity contribution in [3.63, 3.8) is 0 Å². The van der Waals surface area contributed by atoms with Gasteiger partial charge in [-0.15, -0.1) is 0 Å². The van der Waals surface area contributed by atoms with Gasteiger partial charge in [0.25, 0.3) is 0 Å². The Bertz CT molecular complexity index is 207. The second-order valence-corrected chi connectivity index (χ2v) is 4.63. The van der Waals surface area contributed by atoms with Gasteiger partial charge in [-0.3, -0.25) is 4.79 Å². The highest BCUT2D eigenvalue weighted by Crippen LogP contribution is 2.68. The number of rotatable bonds is 1. The van der Waals surface area contributed by atoms with E-state index >= 15 is 0 Å². The smallest absolute Gasteiger partial charge is 0.136 e. The number of Topliss-reactive ketones (excluding diaryl/α,β-unsaturated/α-hetero) is 1. The number of hydrogen-bond acceptors (Lipinski definition) is 1. The molecule has 2 saturated carbocycles. The van der Waals surface area contributed by atoms with Crippen LogP contribution < -0.4 is 0 Å². The maximum absolute atomic E-state index is 11.3. The van der Waals surface area contributed by atoms with Crippen molar-refractivity contribution in [2.45, 2.75) is 33.6 Å². The molecule has 0 bridgehead atoms. The molecule has 0 saturated heterocycles. The molecule has 11 heavy (non-hydrogen) atoms. The monoisotopic (exact) mass is 152 g/mol. The second kappa shape index (κ2) is 1.88. The fraction of sp³-hybridized carbons (Fsp3) is 0.900. The number of ketones is 1. The Morgan fingerprint density at radius 3 is 2.45 bits per heavy atom. The van der Waals surface area contributed by atoms with E-state index in [0.717, 1.165) is 12.3 Å². The highest BCUT2D eigenvalue weighted by Gasteiger charge is 2.64. The Labute approximate surface area is 68.2 Å². The van der Waals surface area contributed by atoms with Crippen molar-refractivity contribution in [1.29, 1.82) is 0 Å². The lowest BCUT2D eigenvalue weighted by molar-refractivity contribution is -0.121. The summed E-state index contributed by atoms with van der Waals surface area (Å²) in [6.07, 6.45) is 2.19. The van der Waals surface area contributed by atoms with Gasteiger partial charge in [-0.1, -0.05) is 20.8 Å². The second-order valence-electron chi connectivity index (χ2n) is 4.63. The molecule has 2 fully saturated rings. The van der Waals surface area contributed by atoms with Crippen LogP contribution in [0.15, 0.2) is 0 Å². The molecule has 62 valence electrons. The van der Waals surface area contributed by atoms with Gasteiger partial charge in [0, 0.05) is 12.3 Å². The Hall–Kier alpha value is -0.330. The van der Waals surface area contributed by atoms with E-state index in [-0.39, 0.29) is 0 Å². The van der Waals surface area contributed by atoms with Crippen LogP contribution in [-0.4, -0.2) is 5.78 Å². The maximum Gasteiger partial charge on any atom is 0.136 e. The first-order chi connectivity index (χ1) is 5.08. The van der Waals surface area contributed by atoms with Crippen LogP contribution in [0.4, 0.5) is 0 Å². The number of fused-ring (bicyclic) bond motifs is 1. The topological polar surface area (TPSA) is 17.1 Å². The molecule has 0 aromatic heterocycles. The molecule has 0 heterocycles. The van der Waals surface area contributed by atoms with Crippen LogP contribution in [0.5, 0.6) is 0 Å². The van der Waals surface area contributed by atoms with Gasteiger partial charge in [0.15, 0.2) is 0 Å². The molecule has 0 radical (unpaired) electrons. The summed E-state index contributed by atoms with van der Waals surface area (Å²) >= 11 is 0. The molecule has 1 nitrogen and oxygen atoms in total. The predicted molar refractivity (Wildman–Crippen MR) is 44.2 cm³/mol. The molecule has 0 N–H and O–H groups in total. The van der Waals surface area contributed by atoms with Gasteiger partial charge in [-0.25, -0.2) is 0 Å². The zero-order valence-electron chi connectivity index (χ0n) is 7.55. The molecule has 2 rings (SSSR count). The van der Waals surface area contributed by atoms with E-state index in [4.69, 9.17) is 0 Å². The van der Waals surface area contributed by atoms with E-state index in [2.05, 4.69) is 20.8 Å². The van der Waals surface area contributed by atoms with Crippen LogP contribution in [0.25, 0.3) is 0 Å². The van der Waals surface area contributed by atoms with Crippen LogP contribution in [0, 0.1) is 23.2 Å². The highest BCUT2D eigenvalue weighted by molar-refractivity contribution is 5.86. The van der Waals surface area contributed by atoms with Crippen molar-refractivity contribution in [2.24, 2.45) is 23.2 Å². The van der Waals surface area contributed by atoms with Gasteiger partial charge < -0.3 is 0 Å². The Kier molecular flexibility index (Phi) is 1.25. The minimum absolute atomic E-state index is 0.373. The van der Waals surface area contributed by atoms with Crippen LogP contribution in [0.3, 0.4) is 0 Å². The quantitative estimate of drug-likeness (QED) is 0.563. The third-order valence-corrected chi connectivity index (χ3v) is 3.94. The zero-order chi connectivity index (χ0) is 8.22. The molecule has 2 aliphatic rings. The molecule has 1 unspecified atom stereocenters. The first-order valence-electron chi connectivity index (χ1n) is 4.60. The van der Waals surface area contributed by atoms with Crippen LogP contribution in [0.2, 0.25) is 0 Å². The summed E-state index contributed by atoms with van der Waals surface area (Å²) in [5.41, 5.74) is 0.455. The van der Waals surface area contributed by atoms with Gasteiger partial charge in [0.05, 0.1) is 0 Å². The van der Waals surface area contributed by atoms with Crippen LogP contribution >= 0.6 is 0 Å². The highest BCUT2D eigenvalue weighted by atomic mass is 16.1. The molecule has 1 heteroatoms. The summed E-state index contributed by atoms with van der Waals surface area (Å²) in [4.78, 5) is 11.3. The van der Waals surface area contributed by atoms with Crippen molar-refractivity contribution in [2.75, 3.05) is 0 Å². The summed E-state index contributed by atoms with van der Waals surface area (Å²) in [6, 6.07) is 0. The van der Waals surface area contributed by atoms with E-state index in [0.29, 0.717) is 23.0 Å². The first-order valence-corrected chi connectivity index (χ1v) is 4.60. The van der Waals surface area contributed by atoms with Gasteiger partial charge in [0.2, 0.25) is 0 Å². The zero-order valence-corrected chi connectivity index (χ0v) is 7.55. The summed E-state index contributed by atoms with van der Waals surface area (Å²) in [5.74, 6) is 2.34. The van der Waals surface area contributed by atoms with E-state index in [1.165, 1.54) is 6.42 Å². The van der Waals surface area contributed by atoms with E-state index in [1.807, 2.05) is 0 Å². The van der Waals surface area contributed by atoms with Gasteiger partial charge in [-0.05, 0) is 23.7 Å². The SMILES string of the molecule is CC(C)[C@]12CC(=O)[C@H](C)C1C2. The van der Waals surface area contributed by atoms with Crippen molar-refractivity contribution in [3.8, 4) is 0 Å². The minimum atomic E-state index is 0.373. The molecular formula is C10H16O. The maximum atomic E-state index is 11.3. The third-order valence-electron chi connectivity index (χ3n) is 3.94. The first kappa shape index (κ1) is 7.33. The molecule has 0 spiro atoms. The van der Waals surface area contributed by atoms with Gasteiger partial charge >= 0.3 is 0 Å².